The molecule has 0 aromatic rings. The van der Waals surface area contributed by atoms with Crippen LogP contribution in [0.1, 0.15) is 41.5 Å². The minimum Gasteiger partial charge on any atom is -0.481 e. The molecule has 0 spiro atoms. The lowest BCUT2D eigenvalue weighted by atomic mass is 10.5. The Morgan fingerprint density at radius 1 is 0.441 bits per heavy atom. The summed E-state index contributed by atoms with van der Waals surface area (Å²) in [4.78, 5) is 54.0. The lowest BCUT2D eigenvalue weighted by Crippen LogP contribution is -2.32. The van der Waals surface area contributed by atoms with Gasteiger partial charge in [-0.3, -0.25) is 28.8 Å². The Kier molecular flexibility index (Phi) is 67.2. The third-order valence-corrected chi connectivity index (χ3v) is 1.12. The van der Waals surface area contributed by atoms with Crippen molar-refractivity contribution in [3.05, 3.63) is 0 Å². The molecule has 0 unspecified atom stereocenters. The van der Waals surface area contributed by atoms with E-state index in [0.29, 0.717) is 13.1 Å². The standard InChI is InChI=1S/C6H18N4.6C2H4O2/c7-1-3-9-5-6-10-4-2-8;6*1-2(3)4/h9-10H,1-8H2;6*1H3,(H,3,4). The van der Waals surface area contributed by atoms with Gasteiger partial charge in [0.1, 0.15) is 0 Å². The van der Waals surface area contributed by atoms with E-state index in [0.717, 1.165) is 67.7 Å². The Hall–Kier alpha value is -3.34. The average molecular weight is 507 g/mol. The first kappa shape index (κ1) is 48.2. The van der Waals surface area contributed by atoms with E-state index in [9.17, 15) is 0 Å². The zero-order valence-corrected chi connectivity index (χ0v) is 20.5. The van der Waals surface area contributed by atoms with Crippen molar-refractivity contribution < 1.29 is 59.4 Å². The van der Waals surface area contributed by atoms with E-state index in [-0.39, 0.29) is 0 Å². The van der Waals surface area contributed by atoms with E-state index in [2.05, 4.69) is 10.6 Å². The molecule has 0 aromatic heterocycles. The predicted molar refractivity (Wildman–Crippen MR) is 124 cm³/mol. The van der Waals surface area contributed by atoms with Crippen molar-refractivity contribution in [1.29, 1.82) is 0 Å². The summed E-state index contributed by atoms with van der Waals surface area (Å²) in [7, 11) is 0. The van der Waals surface area contributed by atoms with Crippen molar-refractivity contribution in [3.63, 3.8) is 0 Å². The van der Waals surface area contributed by atoms with Crippen LogP contribution in [0.3, 0.4) is 0 Å². The minimum absolute atomic E-state index is 0.705. The summed E-state index contributed by atoms with van der Waals surface area (Å²) in [5.74, 6) is -5.00. The number of carbonyl (C=O) groups is 6. The number of nitrogens with two attached hydrogens (primary N) is 2. The molecule has 206 valence electrons. The fraction of sp³-hybridized carbons (Fsp3) is 0.667. The van der Waals surface area contributed by atoms with Crippen molar-refractivity contribution in [2.24, 2.45) is 11.5 Å². The lowest BCUT2D eigenvalue weighted by Gasteiger charge is -2.03. The van der Waals surface area contributed by atoms with E-state index < -0.39 is 35.8 Å². The number of hydrogen-bond acceptors (Lipinski definition) is 10. The van der Waals surface area contributed by atoms with Gasteiger partial charge in [-0.1, -0.05) is 0 Å². The number of rotatable bonds is 7. The van der Waals surface area contributed by atoms with E-state index in [1.807, 2.05) is 0 Å². The highest BCUT2D eigenvalue weighted by Gasteiger charge is 1.83. The van der Waals surface area contributed by atoms with Gasteiger partial charge >= 0.3 is 0 Å². The predicted octanol–water partition coefficient (Wildman–Crippen LogP) is -1.37. The van der Waals surface area contributed by atoms with Crippen LogP contribution in [-0.2, 0) is 28.8 Å². The largest absolute Gasteiger partial charge is 0.481 e. The first-order chi connectivity index (χ1) is 15.3. The highest BCUT2D eigenvalue weighted by molar-refractivity contribution is 5.64. The molecule has 0 heterocycles. The van der Waals surface area contributed by atoms with Crippen molar-refractivity contribution in [1.82, 2.24) is 10.6 Å². The maximum atomic E-state index is 9.00. The number of nitrogens with one attached hydrogen (secondary N) is 2. The molecule has 0 bridgehead atoms. The van der Waals surface area contributed by atoms with Crippen LogP contribution < -0.4 is 22.1 Å². The number of carboxylic acid groups (broad SMARTS) is 6. The Balaban J connectivity index is -0.0000000526. The van der Waals surface area contributed by atoms with Crippen molar-refractivity contribution >= 4 is 35.8 Å². The third-order valence-electron chi connectivity index (χ3n) is 1.12. The SMILES string of the molecule is CC(=O)O.CC(=O)O.CC(=O)O.CC(=O)O.CC(=O)O.CC(=O)O.NCCNCCNCCN. The van der Waals surface area contributed by atoms with Crippen LogP contribution in [0.5, 0.6) is 0 Å². The van der Waals surface area contributed by atoms with Crippen LogP contribution in [-0.4, -0.2) is 106 Å². The highest BCUT2D eigenvalue weighted by atomic mass is 16.4. The maximum absolute atomic E-state index is 9.00. The topological polar surface area (TPSA) is 300 Å². The van der Waals surface area contributed by atoms with Gasteiger partial charge in [0.05, 0.1) is 0 Å². The Morgan fingerprint density at radius 2 is 0.559 bits per heavy atom. The van der Waals surface area contributed by atoms with E-state index in [1.54, 1.807) is 0 Å². The second-order valence-electron chi connectivity index (χ2n) is 5.19. The second kappa shape index (κ2) is 47.4. The summed E-state index contributed by atoms with van der Waals surface area (Å²) in [5.41, 5.74) is 10.5. The number of carboxylic acids is 6. The number of hydrogen-bond donors (Lipinski definition) is 10. The van der Waals surface area contributed by atoms with Crippen LogP contribution in [0.15, 0.2) is 0 Å². The summed E-state index contributed by atoms with van der Waals surface area (Å²) in [6, 6.07) is 0. The fourth-order valence-corrected chi connectivity index (χ4v) is 0.631. The summed E-state index contributed by atoms with van der Waals surface area (Å²) in [6.07, 6.45) is 0. The zero-order valence-electron chi connectivity index (χ0n) is 20.5. The van der Waals surface area contributed by atoms with Crippen LogP contribution in [0, 0.1) is 0 Å². The molecule has 0 amide bonds. The Morgan fingerprint density at radius 3 is 0.647 bits per heavy atom. The van der Waals surface area contributed by atoms with Crippen LogP contribution in [0.4, 0.5) is 0 Å². The van der Waals surface area contributed by atoms with Gasteiger partial charge in [0.15, 0.2) is 0 Å². The smallest absolute Gasteiger partial charge is 0.300 e. The Bertz CT molecular complexity index is 378. The first-order valence-electron chi connectivity index (χ1n) is 9.30. The van der Waals surface area contributed by atoms with Crippen molar-refractivity contribution in [3.8, 4) is 0 Å². The molecular formula is C18H42N4O12. The molecule has 16 heteroatoms. The second-order valence-corrected chi connectivity index (χ2v) is 5.19. The summed E-state index contributed by atoms with van der Waals surface area (Å²) in [6.45, 7) is 11.6. The van der Waals surface area contributed by atoms with Gasteiger partial charge < -0.3 is 52.7 Å². The molecule has 0 aliphatic rings. The van der Waals surface area contributed by atoms with Gasteiger partial charge in [-0.25, -0.2) is 0 Å². The van der Waals surface area contributed by atoms with Crippen LogP contribution in [0.25, 0.3) is 0 Å². The molecule has 0 aliphatic carbocycles. The van der Waals surface area contributed by atoms with Gasteiger partial charge in [0.2, 0.25) is 0 Å². The fourth-order valence-electron chi connectivity index (χ4n) is 0.631. The summed E-state index contributed by atoms with van der Waals surface area (Å²) < 4.78 is 0. The van der Waals surface area contributed by atoms with Crippen LogP contribution >= 0.6 is 0 Å². The molecule has 0 radical (unpaired) electrons. The first-order valence-corrected chi connectivity index (χ1v) is 9.30. The third kappa shape index (κ3) is 1640. The monoisotopic (exact) mass is 506 g/mol. The molecule has 0 fully saturated rings. The van der Waals surface area contributed by atoms with E-state index >= 15 is 0 Å². The van der Waals surface area contributed by atoms with Gasteiger partial charge in [0.25, 0.3) is 35.8 Å². The van der Waals surface area contributed by atoms with Gasteiger partial charge in [0, 0.05) is 80.8 Å². The summed E-state index contributed by atoms with van der Waals surface area (Å²) in [5, 5.41) is 50.8. The van der Waals surface area contributed by atoms with Crippen molar-refractivity contribution in [2.45, 2.75) is 41.5 Å². The molecule has 0 atom stereocenters. The number of aliphatic carboxylic acids is 6. The quantitative estimate of drug-likeness (QED) is 0.178. The van der Waals surface area contributed by atoms with Gasteiger partial charge in [-0.05, 0) is 0 Å². The molecule has 0 aromatic carbocycles. The van der Waals surface area contributed by atoms with Crippen LogP contribution in [0.2, 0.25) is 0 Å². The molecule has 0 saturated heterocycles. The molecular weight excluding hydrogens is 464 g/mol. The average Bonchev–Trinajstić information content (AvgIpc) is 2.55. The maximum Gasteiger partial charge on any atom is 0.300 e. The van der Waals surface area contributed by atoms with Gasteiger partial charge in [-0.2, -0.15) is 0 Å². The minimum atomic E-state index is -0.833. The molecule has 0 saturated carbocycles. The lowest BCUT2D eigenvalue weighted by molar-refractivity contribution is -0.135. The van der Waals surface area contributed by atoms with E-state index in [1.165, 1.54) is 0 Å². The summed E-state index contributed by atoms with van der Waals surface area (Å²) >= 11 is 0. The molecule has 0 aliphatic heterocycles. The molecule has 16 nitrogen and oxygen atoms in total. The molecule has 12 N–H and O–H groups in total. The normalized spacial score (nSPS) is 7.41. The Labute approximate surface area is 198 Å². The zero-order chi connectivity index (χ0) is 29.1. The molecule has 34 heavy (non-hydrogen) atoms. The van der Waals surface area contributed by atoms with Gasteiger partial charge in [-0.15, -0.1) is 0 Å². The molecule has 0 rings (SSSR count). The highest BCUT2D eigenvalue weighted by Crippen LogP contribution is 1.57. The van der Waals surface area contributed by atoms with E-state index in [4.69, 9.17) is 70.9 Å². The van der Waals surface area contributed by atoms with Crippen molar-refractivity contribution in [2.75, 3.05) is 39.3 Å².